The highest BCUT2D eigenvalue weighted by Crippen LogP contribution is 2.42. The van der Waals surface area contributed by atoms with Crippen LogP contribution in [-0.2, 0) is 46.4 Å². The molecule has 0 radical (unpaired) electrons. The normalized spacial score (nSPS) is 18.3. The van der Waals surface area contributed by atoms with Crippen LogP contribution in [0.15, 0.2) is 65.8 Å². The number of primary amides is 1. The maximum absolute atomic E-state index is 14.7. The summed E-state index contributed by atoms with van der Waals surface area (Å²) in [6, 6.07) is 9.91. The fourth-order valence-corrected chi connectivity index (χ4v) is 8.45. The van der Waals surface area contributed by atoms with E-state index in [9.17, 15) is 38.7 Å². The maximum atomic E-state index is 14.7. The molecule has 366 valence electrons. The number of nitrogens with zero attached hydrogens (tertiary/aromatic N) is 1. The molecule has 0 saturated heterocycles. The number of para-hydroxylation sites is 1. The molecule has 1 heterocycles. The Bertz CT molecular complexity index is 2200. The highest BCUT2D eigenvalue weighted by atomic mass is 16.4. The monoisotopic (exact) mass is 931 g/mol. The standard InChI is InChI=1S/C47H70N12O8/c1-46(2,3)30-18-20-47(21-19-30,59-40(63)32(49)26-38(60)61)44(67)58-36(24-28-12-5-4-6-13-28)42(65)56-35(17-11-23-53-45(51)52)41(64)57-37(25-29-27-54-33-15-8-7-14-31(29)33)43(66)55-34(39(50)62)16-9-10-22-48/h4-8,12-15,27,30,32,34-37,54H,9-11,16-26,48-49H2,1-3H3,(H2,50,62)(H,55,66)(H,56,65)(H,57,64)(H,58,67)(H,59,63)(H,60,61)(H4,51,52,53)/t30?,32-,34-,35-,36+,37-,47?/m0/s1. The van der Waals surface area contributed by atoms with Gasteiger partial charge in [-0.2, -0.15) is 0 Å². The second-order valence-electron chi connectivity index (χ2n) is 18.5. The SMILES string of the molecule is CC(C)(C)C1CCC(NC(=O)[C@@H](N)CC(=O)O)(C(=O)N[C@H](Cc2ccccc2)C(=O)N[C@@H](CCCN=C(N)N)C(=O)N[C@@H](Cc2c[nH]c3ccccc23)C(=O)N[C@@H](CCCCN)C(N)=O)CC1. The minimum absolute atomic E-state index is 0.0135. The smallest absolute Gasteiger partial charge is 0.305 e. The lowest BCUT2D eigenvalue weighted by Crippen LogP contribution is -2.66. The third-order valence-electron chi connectivity index (χ3n) is 12.4. The number of fused-ring (bicyclic) bond motifs is 1. The summed E-state index contributed by atoms with van der Waals surface area (Å²) >= 11 is 0. The van der Waals surface area contributed by atoms with Crippen LogP contribution < -0.4 is 55.3 Å². The van der Waals surface area contributed by atoms with Crippen molar-refractivity contribution in [3.63, 3.8) is 0 Å². The van der Waals surface area contributed by atoms with Gasteiger partial charge in [0.05, 0.1) is 12.5 Å². The predicted octanol–water partition coefficient (Wildman–Crippen LogP) is 0.453. The number of aromatic amines is 1. The quantitative estimate of drug-likeness (QED) is 0.0313. The number of guanidine groups is 1. The number of unbranched alkanes of at least 4 members (excludes halogenated alkanes) is 1. The van der Waals surface area contributed by atoms with E-state index in [4.69, 9.17) is 28.7 Å². The number of carboxylic acid groups (broad SMARTS) is 1. The molecule has 1 fully saturated rings. The highest BCUT2D eigenvalue weighted by molar-refractivity contribution is 5.98. The summed E-state index contributed by atoms with van der Waals surface area (Å²) in [5, 5.41) is 24.1. The van der Waals surface area contributed by atoms with Crippen LogP contribution in [0.5, 0.6) is 0 Å². The zero-order valence-electron chi connectivity index (χ0n) is 38.8. The van der Waals surface area contributed by atoms with E-state index in [0.29, 0.717) is 43.4 Å². The number of carboxylic acids is 1. The van der Waals surface area contributed by atoms with Gasteiger partial charge < -0.3 is 65.3 Å². The van der Waals surface area contributed by atoms with Crippen molar-refractivity contribution < 1.29 is 38.7 Å². The minimum atomic E-state index is -1.54. The number of H-pyrrole nitrogens is 1. The molecule has 0 bridgehead atoms. The molecule has 5 atom stereocenters. The van der Waals surface area contributed by atoms with Gasteiger partial charge in [-0.1, -0.05) is 69.3 Å². The summed E-state index contributed by atoms with van der Waals surface area (Å²) in [6.45, 7) is 6.75. The van der Waals surface area contributed by atoms with Crippen molar-refractivity contribution in [2.75, 3.05) is 13.1 Å². The molecule has 3 aromatic rings. The van der Waals surface area contributed by atoms with Crippen molar-refractivity contribution >= 4 is 58.3 Å². The van der Waals surface area contributed by atoms with Gasteiger partial charge in [0.25, 0.3) is 0 Å². The van der Waals surface area contributed by atoms with Crippen molar-refractivity contribution in [2.45, 2.75) is 134 Å². The molecule has 0 spiro atoms. The molecular weight excluding hydrogens is 861 g/mol. The first-order valence-corrected chi connectivity index (χ1v) is 22.9. The molecule has 0 aliphatic heterocycles. The van der Waals surface area contributed by atoms with Gasteiger partial charge in [-0.05, 0) is 92.9 Å². The van der Waals surface area contributed by atoms with Gasteiger partial charge in [-0.25, -0.2) is 0 Å². The second kappa shape index (κ2) is 24.8. The topological polar surface area (TPSA) is 358 Å². The van der Waals surface area contributed by atoms with Crippen LogP contribution in [0.4, 0.5) is 0 Å². The van der Waals surface area contributed by atoms with Crippen LogP contribution in [0.1, 0.15) is 96.1 Å². The molecule has 6 amide bonds. The summed E-state index contributed by atoms with van der Waals surface area (Å²) in [6.07, 6.45) is 3.99. The molecule has 1 aliphatic rings. The van der Waals surface area contributed by atoms with Crippen LogP contribution in [0, 0.1) is 11.3 Å². The summed E-state index contributed by atoms with van der Waals surface area (Å²) in [5.74, 6) is -5.72. The lowest BCUT2D eigenvalue weighted by atomic mass is 9.67. The van der Waals surface area contributed by atoms with Crippen molar-refractivity contribution in [3.8, 4) is 0 Å². The lowest BCUT2D eigenvalue weighted by Gasteiger charge is -2.44. The largest absolute Gasteiger partial charge is 0.481 e. The Hall–Kier alpha value is -6.54. The maximum Gasteiger partial charge on any atom is 0.305 e. The predicted molar refractivity (Wildman–Crippen MR) is 254 cm³/mol. The molecule has 20 nitrogen and oxygen atoms in total. The van der Waals surface area contributed by atoms with E-state index >= 15 is 0 Å². The molecule has 17 N–H and O–H groups in total. The summed E-state index contributed by atoms with van der Waals surface area (Å²) in [7, 11) is 0. The van der Waals surface area contributed by atoms with E-state index in [1.165, 1.54) is 0 Å². The molecule has 4 rings (SSSR count). The van der Waals surface area contributed by atoms with Gasteiger partial charge in [0.2, 0.25) is 35.4 Å². The first-order chi connectivity index (χ1) is 31.7. The number of carbonyl (C=O) groups is 7. The van der Waals surface area contributed by atoms with E-state index in [1.54, 1.807) is 36.5 Å². The average molecular weight is 931 g/mol. The Kier molecular flexibility index (Phi) is 19.7. The zero-order valence-corrected chi connectivity index (χ0v) is 38.8. The minimum Gasteiger partial charge on any atom is -0.481 e. The molecule has 1 saturated carbocycles. The summed E-state index contributed by atoms with van der Waals surface area (Å²) in [5.41, 5.74) is 29.0. The Morgan fingerprint density at radius 2 is 1.34 bits per heavy atom. The first-order valence-electron chi connectivity index (χ1n) is 22.9. The van der Waals surface area contributed by atoms with Crippen molar-refractivity contribution in [2.24, 2.45) is 45.0 Å². The van der Waals surface area contributed by atoms with Gasteiger partial charge in [0, 0.05) is 36.5 Å². The Balaban J connectivity index is 1.68. The van der Waals surface area contributed by atoms with E-state index in [0.717, 1.165) is 10.9 Å². The number of aliphatic imine (C=N–C) groups is 1. The van der Waals surface area contributed by atoms with Crippen LogP contribution in [-0.4, -0.2) is 106 Å². The molecule has 2 aromatic carbocycles. The molecule has 0 unspecified atom stereocenters. The van der Waals surface area contributed by atoms with E-state index < -0.39 is 83.6 Å². The number of benzene rings is 2. The average Bonchev–Trinajstić information content (AvgIpc) is 3.68. The van der Waals surface area contributed by atoms with Gasteiger partial charge in [0.15, 0.2) is 5.96 Å². The van der Waals surface area contributed by atoms with Crippen LogP contribution in [0.3, 0.4) is 0 Å². The summed E-state index contributed by atoms with van der Waals surface area (Å²) < 4.78 is 0. The number of nitrogens with two attached hydrogens (primary N) is 5. The van der Waals surface area contributed by atoms with Crippen molar-refractivity contribution in [3.05, 3.63) is 71.9 Å². The van der Waals surface area contributed by atoms with Crippen LogP contribution >= 0.6 is 0 Å². The number of aliphatic carboxylic acids is 1. The first kappa shape index (κ1) is 53.1. The van der Waals surface area contributed by atoms with Gasteiger partial charge in [-0.15, -0.1) is 0 Å². The van der Waals surface area contributed by atoms with Crippen molar-refractivity contribution in [1.29, 1.82) is 0 Å². The van der Waals surface area contributed by atoms with Gasteiger partial charge in [0.1, 0.15) is 29.7 Å². The fourth-order valence-electron chi connectivity index (χ4n) is 8.45. The molecule has 67 heavy (non-hydrogen) atoms. The van der Waals surface area contributed by atoms with Crippen LogP contribution in [0.2, 0.25) is 0 Å². The van der Waals surface area contributed by atoms with E-state index in [2.05, 4.69) is 57.3 Å². The Morgan fingerprint density at radius 1 is 0.761 bits per heavy atom. The Labute approximate surface area is 391 Å². The van der Waals surface area contributed by atoms with E-state index in [-0.39, 0.29) is 68.8 Å². The molecule has 1 aromatic heterocycles. The molecular formula is C47H70N12O8. The lowest BCUT2D eigenvalue weighted by molar-refractivity contribution is -0.141. The fraction of sp³-hybridized carbons (Fsp3) is 0.532. The third-order valence-corrected chi connectivity index (χ3v) is 12.4. The third kappa shape index (κ3) is 16.1. The highest BCUT2D eigenvalue weighted by Gasteiger charge is 2.47. The van der Waals surface area contributed by atoms with Crippen LogP contribution in [0.25, 0.3) is 10.9 Å². The molecule has 1 aliphatic carbocycles. The number of rotatable bonds is 25. The number of carbonyl (C=O) groups excluding carboxylic acids is 6. The van der Waals surface area contributed by atoms with Gasteiger partial charge in [-0.3, -0.25) is 38.6 Å². The second-order valence-corrected chi connectivity index (χ2v) is 18.5. The summed E-state index contributed by atoms with van der Waals surface area (Å²) in [4.78, 5) is 102. The van der Waals surface area contributed by atoms with E-state index in [1.807, 2.05) is 24.3 Å². The number of amides is 6. The number of hydrogen-bond acceptors (Lipinski definition) is 10. The zero-order chi connectivity index (χ0) is 49.3. The Morgan fingerprint density at radius 3 is 1.96 bits per heavy atom. The van der Waals surface area contributed by atoms with Gasteiger partial charge >= 0.3 is 5.97 Å². The number of aromatic nitrogens is 1. The molecule has 20 heteroatoms. The number of nitrogens with one attached hydrogen (secondary N) is 6. The van der Waals surface area contributed by atoms with Crippen molar-refractivity contribution in [1.82, 2.24) is 31.6 Å². The number of hydrogen-bond donors (Lipinski definition) is 12.